The van der Waals surface area contributed by atoms with Gasteiger partial charge in [0.1, 0.15) is 0 Å². The van der Waals surface area contributed by atoms with Crippen LogP contribution >= 0.6 is 0 Å². The van der Waals surface area contributed by atoms with E-state index in [4.69, 9.17) is 5.11 Å². The number of hydrogen-bond acceptors (Lipinski definition) is 3. The topological polar surface area (TPSA) is 35.5 Å². The van der Waals surface area contributed by atoms with Crippen molar-refractivity contribution in [3.05, 3.63) is 0 Å². The van der Waals surface area contributed by atoms with Crippen molar-refractivity contribution in [2.24, 2.45) is 0 Å². The lowest BCUT2D eigenvalue weighted by Gasteiger charge is -2.30. The van der Waals surface area contributed by atoms with E-state index in [2.05, 4.69) is 24.1 Å². The molecule has 0 aliphatic carbocycles. The van der Waals surface area contributed by atoms with E-state index in [1.54, 1.807) is 0 Å². The number of nitrogens with one attached hydrogen (secondary N) is 1. The van der Waals surface area contributed by atoms with Gasteiger partial charge in [-0.25, -0.2) is 0 Å². The molecule has 13 heavy (non-hydrogen) atoms. The molecule has 0 unspecified atom stereocenters. The van der Waals surface area contributed by atoms with E-state index in [-0.39, 0.29) is 0 Å². The Balaban J connectivity index is 0. The molecule has 3 nitrogen and oxygen atoms in total. The van der Waals surface area contributed by atoms with E-state index >= 15 is 0 Å². The Bertz CT molecular complexity index is 81.0. The number of aliphatic hydroxyl groups excluding tert-OH is 1. The second-order valence-electron chi connectivity index (χ2n) is 2.88. The van der Waals surface area contributed by atoms with Crippen LogP contribution in [-0.4, -0.2) is 49.3 Å². The van der Waals surface area contributed by atoms with Crippen LogP contribution in [0.5, 0.6) is 0 Å². The Hall–Kier alpha value is -0.120. The highest BCUT2D eigenvalue weighted by atomic mass is 16.2. The number of rotatable bonds is 1. The summed E-state index contributed by atoms with van der Waals surface area (Å²) in [6.07, 6.45) is 0. The van der Waals surface area contributed by atoms with Crippen LogP contribution in [-0.2, 0) is 0 Å². The quantitative estimate of drug-likeness (QED) is 0.646. The van der Waals surface area contributed by atoms with Crippen molar-refractivity contribution >= 4 is 0 Å². The van der Waals surface area contributed by atoms with Crippen LogP contribution in [0, 0.1) is 0 Å². The molecule has 0 aromatic heterocycles. The van der Waals surface area contributed by atoms with Crippen LogP contribution in [0.4, 0.5) is 0 Å². The lowest BCUT2D eigenvalue weighted by molar-refractivity contribution is 0.196. The summed E-state index contributed by atoms with van der Waals surface area (Å²) in [4.78, 5) is 2.50. The summed E-state index contributed by atoms with van der Waals surface area (Å²) >= 11 is 0. The smallest absolute Gasteiger partial charge is 0.0319 e. The van der Waals surface area contributed by atoms with E-state index < -0.39 is 0 Å². The normalized spacial score (nSPS) is 16.8. The first-order valence-electron chi connectivity index (χ1n) is 5.20. The predicted octanol–water partition coefficient (Wildman–Crippen LogP) is 0.935. The number of hydrogen-bond donors (Lipinski definition) is 2. The van der Waals surface area contributed by atoms with Crippen molar-refractivity contribution in [2.75, 3.05) is 33.3 Å². The van der Waals surface area contributed by atoms with Gasteiger partial charge in [-0.15, -0.1) is 0 Å². The summed E-state index contributed by atoms with van der Waals surface area (Å²) in [7, 11) is 1.00. The molecule has 0 atom stereocenters. The maximum absolute atomic E-state index is 7.00. The summed E-state index contributed by atoms with van der Waals surface area (Å²) in [5, 5.41) is 10.3. The second kappa shape index (κ2) is 11.9. The van der Waals surface area contributed by atoms with E-state index in [9.17, 15) is 0 Å². The summed E-state index contributed by atoms with van der Waals surface area (Å²) in [5.74, 6) is 0. The summed E-state index contributed by atoms with van der Waals surface area (Å²) in [6, 6.07) is 0.729. The molecule has 3 heteroatoms. The maximum atomic E-state index is 7.00. The average Bonchev–Trinajstić information content (AvgIpc) is 2.25. The average molecular weight is 190 g/mol. The molecular formula is C10H26N2O. The van der Waals surface area contributed by atoms with Crippen molar-refractivity contribution in [2.45, 2.75) is 33.7 Å². The monoisotopic (exact) mass is 190 g/mol. The molecule has 1 rings (SSSR count). The van der Waals surface area contributed by atoms with Crippen LogP contribution in [0.1, 0.15) is 27.7 Å². The highest BCUT2D eigenvalue weighted by Gasteiger charge is 2.11. The summed E-state index contributed by atoms with van der Waals surface area (Å²) < 4.78 is 0. The zero-order valence-corrected chi connectivity index (χ0v) is 9.80. The van der Waals surface area contributed by atoms with Gasteiger partial charge in [0, 0.05) is 39.3 Å². The highest BCUT2D eigenvalue weighted by Crippen LogP contribution is 1.97. The molecule has 0 amide bonds. The van der Waals surface area contributed by atoms with Crippen molar-refractivity contribution in [3.63, 3.8) is 0 Å². The van der Waals surface area contributed by atoms with Gasteiger partial charge in [-0.05, 0) is 13.8 Å². The van der Waals surface area contributed by atoms with Gasteiger partial charge in [0.25, 0.3) is 0 Å². The minimum atomic E-state index is 0.729. The first-order chi connectivity index (χ1) is 6.30. The van der Waals surface area contributed by atoms with Gasteiger partial charge < -0.3 is 10.4 Å². The van der Waals surface area contributed by atoms with Crippen LogP contribution in [0.2, 0.25) is 0 Å². The van der Waals surface area contributed by atoms with Crippen LogP contribution < -0.4 is 5.32 Å². The Morgan fingerprint density at radius 1 is 1.08 bits per heavy atom. The third-order valence-electron chi connectivity index (χ3n) is 1.88. The molecule has 0 bridgehead atoms. The molecule has 0 aromatic rings. The largest absolute Gasteiger partial charge is 0.400 e. The first kappa shape index (κ1) is 15.4. The fourth-order valence-electron chi connectivity index (χ4n) is 1.20. The summed E-state index contributed by atoms with van der Waals surface area (Å²) in [5.41, 5.74) is 0. The van der Waals surface area contributed by atoms with Crippen molar-refractivity contribution in [3.8, 4) is 0 Å². The zero-order valence-electron chi connectivity index (χ0n) is 9.80. The van der Waals surface area contributed by atoms with Gasteiger partial charge in [-0.1, -0.05) is 13.8 Å². The third kappa shape index (κ3) is 8.22. The van der Waals surface area contributed by atoms with Crippen molar-refractivity contribution < 1.29 is 5.11 Å². The molecule has 0 spiro atoms. The van der Waals surface area contributed by atoms with Gasteiger partial charge in [0.15, 0.2) is 0 Å². The predicted molar refractivity (Wildman–Crippen MR) is 59.1 cm³/mol. The molecule has 82 valence electrons. The van der Waals surface area contributed by atoms with Gasteiger partial charge in [0.2, 0.25) is 0 Å². The fraction of sp³-hybridized carbons (Fsp3) is 1.00. The molecule has 1 saturated heterocycles. The molecule has 2 N–H and O–H groups in total. The third-order valence-corrected chi connectivity index (χ3v) is 1.88. The molecule has 0 saturated carbocycles. The molecule has 0 aromatic carbocycles. The number of aliphatic hydroxyl groups is 1. The summed E-state index contributed by atoms with van der Waals surface area (Å²) in [6.45, 7) is 13.3. The number of piperazine rings is 1. The zero-order chi connectivity index (χ0) is 10.7. The Labute approximate surface area is 83.1 Å². The Morgan fingerprint density at radius 3 is 1.69 bits per heavy atom. The minimum absolute atomic E-state index is 0.729. The fourth-order valence-corrected chi connectivity index (χ4v) is 1.20. The van der Waals surface area contributed by atoms with E-state index in [1.807, 2.05) is 13.8 Å². The van der Waals surface area contributed by atoms with E-state index in [0.29, 0.717) is 0 Å². The molecule has 1 heterocycles. The van der Waals surface area contributed by atoms with Crippen molar-refractivity contribution in [1.29, 1.82) is 0 Å². The standard InChI is InChI=1S/C7H16N2.C2H6.CH4O/c1-7(2)9-5-3-8-4-6-9;2*1-2/h7-8H,3-6H2,1-2H3;1-2H3;2H,1H3. The highest BCUT2D eigenvalue weighted by molar-refractivity contribution is 4.69. The van der Waals surface area contributed by atoms with Gasteiger partial charge >= 0.3 is 0 Å². The number of nitrogens with zero attached hydrogens (tertiary/aromatic N) is 1. The first-order valence-corrected chi connectivity index (χ1v) is 5.20. The molecular weight excluding hydrogens is 164 g/mol. The molecule has 1 aliphatic rings. The minimum Gasteiger partial charge on any atom is -0.400 e. The van der Waals surface area contributed by atoms with E-state index in [1.165, 1.54) is 13.1 Å². The second-order valence-corrected chi connectivity index (χ2v) is 2.88. The van der Waals surface area contributed by atoms with Gasteiger partial charge in [-0.3, -0.25) is 4.90 Å². The van der Waals surface area contributed by atoms with Gasteiger partial charge in [0.05, 0.1) is 0 Å². The Morgan fingerprint density at radius 2 is 1.46 bits per heavy atom. The van der Waals surface area contributed by atoms with Crippen LogP contribution in [0.3, 0.4) is 0 Å². The lowest BCUT2D eigenvalue weighted by atomic mass is 10.3. The van der Waals surface area contributed by atoms with Gasteiger partial charge in [-0.2, -0.15) is 0 Å². The molecule has 0 radical (unpaired) electrons. The lowest BCUT2D eigenvalue weighted by Crippen LogP contribution is -2.46. The van der Waals surface area contributed by atoms with Crippen LogP contribution in [0.15, 0.2) is 0 Å². The van der Waals surface area contributed by atoms with Crippen LogP contribution in [0.25, 0.3) is 0 Å². The molecule has 1 aliphatic heterocycles. The SMILES string of the molecule is CC.CC(C)N1CCNCC1.CO. The maximum Gasteiger partial charge on any atom is 0.0319 e. The Kier molecular flexibility index (Phi) is 14.0. The van der Waals surface area contributed by atoms with E-state index in [0.717, 1.165) is 26.2 Å². The molecule has 1 fully saturated rings. The van der Waals surface area contributed by atoms with Crippen molar-refractivity contribution in [1.82, 2.24) is 10.2 Å².